The van der Waals surface area contributed by atoms with Gasteiger partial charge in [-0.3, -0.25) is 9.69 Å². The van der Waals surface area contributed by atoms with Gasteiger partial charge >= 0.3 is 0 Å². The predicted molar refractivity (Wildman–Crippen MR) is 92.1 cm³/mol. The number of aliphatic hydroxyl groups excluding tert-OH is 1. The van der Waals surface area contributed by atoms with Crippen molar-refractivity contribution in [2.75, 3.05) is 45.9 Å². The number of hydrogen-bond acceptors (Lipinski definition) is 5. The summed E-state index contributed by atoms with van der Waals surface area (Å²) in [5, 5.41) is 9.89. The molecule has 1 aromatic rings. The van der Waals surface area contributed by atoms with E-state index >= 15 is 0 Å². The van der Waals surface area contributed by atoms with E-state index in [9.17, 15) is 9.90 Å². The lowest BCUT2D eigenvalue weighted by Crippen LogP contribution is -2.53. The zero-order valence-corrected chi connectivity index (χ0v) is 14.6. The van der Waals surface area contributed by atoms with Gasteiger partial charge in [-0.15, -0.1) is 0 Å². The summed E-state index contributed by atoms with van der Waals surface area (Å²) in [6, 6.07) is 9.39. The highest BCUT2D eigenvalue weighted by atomic mass is 16.5. The van der Waals surface area contributed by atoms with Gasteiger partial charge in [-0.25, -0.2) is 0 Å². The van der Waals surface area contributed by atoms with Gasteiger partial charge in [0.05, 0.1) is 12.7 Å². The Kier molecular flexibility index (Phi) is 7.49. The molecule has 0 radical (unpaired) electrons. The van der Waals surface area contributed by atoms with Crippen molar-refractivity contribution >= 4 is 5.91 Å². The van der Waals surface area contributed by atoms with E-state index in [1.165, 1.54) is 0 Å². The number of β-amino-alcohol motifs (C(OH)–C–C–N with tert-alkyl or cyclic N) is 1. The summed E-state index contributed by atoms with van der Waals surface area (Å²) < 4.78 is 10.9. The average Bonchev–Trinajstić information content (AvgIpc) is 2.61. The first-order valence-corrected chi connectivity index (χ1v) is 8.58. The SMILES string of the molecule is CCOC[C@H](O)CN1CCN(C(=O)[C@@H](C)Oc2ccccc2)CC1. The molecule has 1 heterocycles. The first-order chi connectivity index (χ1) is 11.6. The van der Waals surface area contributed by atoms with Crippen molar-refractivity contribution in [3.63, 3.8) is 0 Å². The van der Waals surface area contributed by atoms with Gasteiger partial charge < -0.3 is 19.5 Å². The first kappa shape index (κ1) is 18.7. The topological polar surface area (TPSA) is 62.2 Å². The summed E-state index contributed by atoms with van der Waals surface area (Å²) in [7, 11) is 0. The van der Waals surface area contributed by atoms with E-state index in [1.54, 1.807) is 6.92 Å². The Hall–Kier alpha value is -1.63. The smallest absolute Gasteiger partial charge is 0.263 e. The molecule has 0 aromatic heterocycles. The van der Waals surface area contributed by atoms with Crippen LogP contribution >= 0.6 is 0 Å². The molecular formula is C18H28N2O4. The summed E-state index contributed by atoms with van der Waals surface area (Å²) in [5.41, 5.74) is 0. The molecule has 1 saturated heterocycles. The Balaban J connectivity index is 1.74. The van der Waals surface area contributed by atoms with Crippen molar-refractivity contribution in [1.82, 2.24) is 9.80 Å². The minimum atomic E-state index is -0.498. The van der Waals surface area contributed by atoms with Crippen LogP contribution in [-0.4, -0.2) is 79.0 Å². The zero-order valence-electron chi connectivity index (χ0n) is 14.6. The lowest BCUT2D eigenvalue weighted by Gasteiger charge is -2.36. The van der Waals surface area contributed by atoms with E-state index in [0.29, 0.717) is 38.6 Å². The molecule has 0 aliphatic carbocycles. The van der Waals surface area contributed by atoms with Crippen molar-refractivity contribution in [3.05, 3.63) is 30.3 Å². The number of benzene rings is 1. The summed E-state index contributed by atoms with van der Waals surface area (Å²) in [5.74, 6) is 0.712. The van der Waals surface area contributed by atoms with Crippen molar-refractivity contribution in [2.24, 2.45) is 0 Å². The number of carbonyl (C=O) groups excluding carboxylic acids is 1. The van der Waals surface area contributed by atoms with E-state index in [-0.39, 0.29) is 5.91 Å². The lowest BCUT2D eigenvalue weighted by molar-refractivity contribution is -0.140. The van der Waals surface area contributed by atoms with Crippen LogP contribution < -0.4 is 4.74 Å². The fourth-order valence-electron chi connectivity index (χ4n) is 2.77. The second-order valence-electron chi connectivity index (χ2n) is 6.01. The number of hydrogen-bond donors (Lipinski definition) is 1. The van der Waals surface area contributed by atoms with Gasteiger partial charge in [-0.1, -0.05) is 18.2 Å². The molecule has 6 nitrogen and oxygen atoms in total. The number of para-hydroxylation sites is 1. The maximum Gasteiger partial charge on any atom is 0.263 e. The van der Waals surface area contributed by atoms with Crippen molar-refractivity contribution in [1.29, 1.82) is 0 Å². The van der Waals surface area contributed by atoms with Gasteiger partial charge in [-0.2, -0.15) is 0 Å². The minimum absolute atomic E-state index is 0.00775. The third-order valence-corrected chi connectivity index (χ3v) is 4.07. The molecule has 2 rings (SSSR count). The molecule has 6 heteroatoms. The Morgan fingerprint density at radius 1 is 1.21 bits per heavy atom. The molecule has 1 aliphatic heterocycles. The highest BCUT2D eigenvalue weighted by Crippen LogP contribution is 2.13. The third kappa shape index (κ3) is 5.78. The van der Waals surface area contributed by atoms with Crippen LogP contribution in [-0.2, 0) is 9.53 Å². The quantitative estimate of drug-likeness (QED) is 0.767. The van der Waals surface area contributed by atoms with Crippen molar-refractivity contribution < 1.29 is 19.4 Å². The summed E-state index contributed by atoms with van der Waals surface area (Å²) in [4.78, 5) is 16.5. The average molecular weight is 336 g/mol. The van der Waals surface area contributed by atoms with Gasteiger partial charge in [0, 0.05) is 39.3 Å². The van der Waals surface area contributed by atoms with Crippen LogP contribution in [0.5, 0.6) is 5.75 Å². The molecule has 134 valence electrons. The number of nitrogens with zero attached hydrogens (tertiary/aromatic N) is 2. The third-order valence-electron chi connectivity index (χ3n) is 4.07. The minimum Gasteiger partial charge on any atom is -0.481 e. The molecule has 0 spiro atoms. The molecule has 1 amide bonds. The monoisotopic (exact) mass is 336 g/mol. The van der Waals surface area contributed by atoms with Gasteiger partial charge in [0.2, 0.25) is 0 Å². The van der Waals surface area contributed by atoms with Crippen molar-refractivity contribution in [3.8, 4) is 5.75 Å². The number of aliphatic hydroxyl groups is 1. The van der Waals surface area contributed by atoms with Crippen LogP contribution in [0.15, 0.2) is 30.3 Å². The van der Waals surface area contributed by atoms with Crippen LogP contribution in [0, 0.1) is 0 Å². The molecule has 24 heavy (non-hydrogen) atoms. The van der Waals surface area contributed by atoms with Crippen LogP contribution in [0.1, 0.15) is 13.8 Å². The summed E-state index contributed by atoms with van der Waals surface area (Å²) in [6.07, 6.45) is -0.977. The molecular weight excluding hydrogens is 308 g/mol. The summed E-state index contributed by atoms with van der Waals surface area (Å²) in [6.45, 7) is 8.07. The number of carbonyl (C=O) groups is 1. The van der Waals surface area contributed by atoms with Gasteiger partial charge in [-0.05, 0) is 26.0 Å². The van der Waals surface area contributed by atoms with E-state index < -0.39 is 12.2 Å². The standard InChI is InChI=1S/C18H28N2O4/c1-3-23-14-16(21)13-19-9-11-20(12-10-19)18(22)15(2)24-17-7-5-4-6-8-17/h4-8,15-16,21H,3,9-14H2,1-2H3/t15-,16-/m1/s1. The fourth-order valence-corrected chi connectivity index (χ4v) is 2.77. The largest absolute Gasteiger partial charge is 0.481 e. The lowest BCUT2D eigenvalue weighted by atomic mass is 10.2. The normalized spacial score (nSPS) is 18.2. The first-order valence-electron chi connectivity index (χ1n) is 8.58. The van der Waals surface area contributed by atoms with Crippen LogP contribution in [0.2, 0.25) is 0 Å². The maximum atomic E-state index is 12.5. The Labute approximate surface area is 144 Å². The number of ether oxygens (including phenoxy) is 2. The summed E-state index contributed by atoms with van der Waals surface area (Å²) >= 11 is 0. The fraction of sp³-hybridized carbons (Fsp3) is 0.611. The molecule has 0 saturated carbocycles. The highest BCUT2D eigenvalue weighted by Gasteiger charge is 2.26. The molecule has 1 fully saturated rings. The van der Waals surface area contributed by atoms with Crippen molar-refractivity contribution in [2.45, 2.75) is 26.1 Å². The molecule has 1 aromatic carbocycles. The Morgan fingerprint density at radius 3 is 2.50 bits per heavy atom. The van der Waals surface area contributed by atoms with Gasteiger partial charge in [0.25, 0.3) is 5.91 Å². The molecule has 2 atom stereocenters. The second-order valence-corrected chi connectivity index (χ2v) is 6.01. The Morgan fingerprint density at radius 2 is 1.88 bits per heavy atom. The van der Waals surface area contributed by atoms with E-state index in [4.69, 9.17) is 9.47 Å². The zero-order chi connectivity index (χ0) is 17.4. The number of piperazine rings is 1. The highest BCUT2D eigenvalue weighted by molar-refractivity contribution is 5.81. The second kappa shape index (κ2) is 9.61. The predicted octanol–water partition coefficient (Wildman–Crippen LogP) is 0.996. The van der Waals surface area contributed by atoms with Gasteiger partial charge in [0.1, 0.15) is 5.75 Å². The number of rotatable bonds is 8. The Bertz CT molecular complexity index is 489. The van der Waals surface area contributed by atoms with E-state index in [2.05, 4.69) is 4.90 Å². The molecule has 1 N–H and O–H groups in total. The molecule has 0 bridgehead atoms. The molecule has 0 unspecified atom stereocenters. The van der Waals surface area contributed by atoms with Crippen LogP contribution in [0.25, 0.3) is 0 Å². The van der Waals surface area contributed by atoms with E-state index in [1.807, 2.05) is 42.2 Å². The molecule has 1 aliphatic rings. The van der Waals surface area contributed by atoms with E-state index in [0.717, 1.165) is 13.1 Å². The van der Waals surface area contributed by atoms with Crippen LogP contribution in [0.3, 0.4) is 0 Å². The maximum absolute atomic E-state index is 12.5. The number of amides is 1. The van der Waals surface area contributed by atoms with Crippen LogP contribution in [0.4, 0.5) is 0 Å². The van der Waals surface area contributed by atoms with Gasteiger partial charge in [0.15, 0.2) is 6.10 Å².